The zero-order valence-electron chi connectivity index (χ0n) is 9.03. The van der Waals surface area contributed by atoms with Crippen molar-refractivity contribution in [2.24, 2.45) is 0 Å². The van der Waals surface area contributed by atoms with E-state index in [4.69, 9.17) is 16.7 Å². The van der Waals surface area contributed by atoms with E-state index in [2.05, 4.69) is 5.32 Å². The predicted molar refractivity (Wildman–Crippen MR) is 62.7 cm³/mol. The summed E-state index contributed by atoms with van der Waals surface area (Å²) in [6.07, 6.45) is 1.54. The first-order chi connectivity index (χ1) is 7.58. The Bertz CT molecular complexity index is 419. The van der Waals surface area contributed by atoms with Crippen LogP contribution in [-0.4, -0.2) is 17.1 Å². The Balaban J connectivity index is 2.14. The van der Waals surface area contributed by atoms with E-state index >= 15 is 0 Å². The van der Waals surface area contributed by atoms with Crippen molar-refractivity contribution in [3.8, 4) is 0 Å². The zero-order chi connectivity index (χ0) is 11.7. The second kappa shape index (κ2) is 4.44. The van der Waals surface area contributed by atoms with Crippen molar-refractivity contribution in [1.29, 1.82) is 0 Å². The van der Waals surface area contributed by atoms with Gasteiger partial charge in [-0.15, -0.1) is 0 Å². The molecule has 1 aliphatic rings. The van der Waals surface area contributed by atoms with Gasteiger partial charge in [-0.2, -0.15) is 0 Å². The van der Waals surface area contributed by atoms with Crippen molar-refractivity contribution in [1.82, 2.24) is 5.32 Å². The average Bonchev–Trinajstić information content (AvgIpc) is 2.71. The van der Waals surface area contributed by atoms with Gasteiger partial charge < -0.3 is 5.11 Å². The van der Waals surface area contributed by atoms with Crippen LogP contribution in [0.3, 0.4) is 0 Å². The van der Waals surface area contributed by atoms with Gasteiger partial charge in [-0.25, -0.2) is 0 Å². The first-order valence-corrected chi connectivity index (χ1v) is 5.70. The fraction of sp³-hybridized carbons (Fsp3) is 0.417. The van der Waals surface area contributed by atoms with Crippen molar-refractivity contribution in [3.63, 3.8) is 0 Å². The van der Waals surface area contributed by atoms with E-state index in [-0.39, 0.29) is 6.04 Å². The topological polar surface area (TPSA) is 49.3 Å². The van der Waals surface area contributed by atoms with E-state index in [9.17, 15) is 4.79 Å². The van der Waals surface area contributed by atoms with Crippen molar-refractivity contribution in [2.75, 3.05) is 0 Å². The summed E-state index contributed by atoms with van der Waals surface area (Å²) >= 11 is 5.95. The summed E-state index contributed by atoms with van der Waals surface area (Å²) in [5, 5.41) is 12.8. The molecule has 0 amide bonds. The zero-order valence-corrected chi connectivity index (χ0v) is 9.79. The van der Waals surface area contributed by atoms with E-state index < -0.39 is 12.0 Å². The van der Waals surface area contributed by atoms with Crippen LogP contribution in [0.4, 0.5) is 0 Å². The van der Waals surface area contributed by atoms with E-state index in [1.54, 1.807) is 0 Å². The number of benzene rings is 1. The second-order valence-electron chi connectivity index (χ2n) is 4.20. The van der Waals surface area contributed by atoms with E-state index in [1.807, 2.05) is 25.1 Å². The van der Waals surface area contributed by atoms with Crippen LogP contribution in [0, 0.1) is 6.92 Å². The largest absolute Gasteiger partial charge is 0.480 e. The van der Waals surface area contributed by atoms with Gasteiger partial charge in [0.15, 0.2) is 0 Å². The summed E-state index contributed by atoms with van der Waals surface area (Å²) in [5.74, 6) is -0.770. The molecule has 1 saturated heterocycles. The Labute approximate surface area is 99.4 Å². The molecule has 0 radical (unpaired) electrons. The molecule has 1 aromatic rings. The Morgan fingerprint density at radius 2 is 2.25 bits per heavy atom. The number of nitrogens with one attached hydrogen (secondary N) is 1. The average molecular weight is 240 g/mol. The summed E-state index contributed by atoms with van der Waals surface area (Å²) in [7, 11) is 0. The van der Waals surface area contributed by atoms with Gasteiger partial charge in [-0.3, -0.25) is 10.1 Å². The smallest absolute Gasteiger partial charge is 0.320 e. The number of rotatable bonds is 2. The molecular formula is C12H14ClNO2. The standard InChI is InChI=1S/C12H14ClNO2/c1-7-6-8(2-3-9(7)13)10-4-5-11(14-10)12(15)16/h2-3,6,10-11,14H,4-5H2,1H3,(H,15,16). The number of hydrogen-bond donors (Lipinski definition) is 2. The Kier molecular flexibility index (Phi) is 3.17. The molecule has 2 N–H and O–H groups in total. The summed E-state index contributed by atoms with van der Waals surface area (Å²) in [6, 6.07) is 5.56. The summed E-state index contributed by atoms with van der Waals surface area (Å²) in [5.41, 5.74) is 2.14. The number of halogens is 1. The van der Waals surface area contributed by atoms with Crippen LogP contribution in [0.25, 0.3) is 0 Å². The SMILES string of the molecule is Cc1cc(C2CCC(C(=O)O)N2)ccc1Cl. The van der Waals surface area contributed by atoms with Crippen molar-refractivity contribution in [3.05, 3.63) is 34.3 Å². The van der Waals surface area contributed by atoms with E-state index in [0.29, 0.717) is 6.42 Å². The lowest BCUT2D eigenvalue weighted by molar-refractivity contribution is -0.139. The van der Waals surface area contributed by atoms with Gasteiger partial charge in [0.05, 0.1) is 0 Å². The Hall–Kier alpha value is -1.06. The van der Waals surface area contributed by atoms with Crippen LogP contribution in [-0.2, 0) is 4.79 Å². The van der Waals surface area contributed by atoms with Crippen molar-refractivity contribution < 1.29 is 9.90 Å². The third kappa shape index (κ3) is 2.20. The third-order valence-electron chi connectivity index (χ3n) is 3.03. The van der Waals surface area contributed by atoms with Gasteiger partial charge in [-0.1, -0.05) is 23.7 Å². The summed E-state index contributed by atoms with van der Waals surface area (Å²) in [4.78, 5) is 10.8. The lowest BCUT2D eigenvalue weighted by Gasteiger charge is -2.13. The van der Waals surface area contributed by atoms with Crippen LogP contribution in [0.15, 0.2) is 18.2 Å². The number of aryl methyl sites for hydroxylation is 1. The quantitative estimate of drug-likeness (QED) is 0.834. The van der Waals surface area contributed by atoms with Gasteiger partial charge in [0, 0.05) is 11.1 Å². The molecule has 3 nitrogen and oxygen atoms in total. The molecule has 2 atom stereocenters. The summed E-state index contributed by atoms with van der Waals surface area (Å²) < 4.78 is 0. The van der Waals surface area contributed by atoms with Gasteiger partial charge in [0.25, 0.3) is 0 Å². The third-order valence-corrected chi connectivity index (χ3v) is 3.45. The van der Waals surface area contributed by atoms with Crippen molar-refractivity contribution >= 4 is 17.6 Å². The molecular weight excluding hydrogens is 226 g/mol. The number of aliphatic carboxylic acids is 1. The van der Waals surface area contributed by atoms with Crippen LogP contribution in [0.2, 0.25) is 5.02 Å². The van der Waals surface area contributed by atoms with Crippen LogP contribution in [0.5, 0.6) is 0 Å². The highest BCUT2D eigenvalue weighted by atomic mass is 35.5. The fourth-order valence-electron chi connectivity index (χ4n) is 2.09. The molecule has 0 spiro atoms. The number of carboxylic acids is 1. The number of hydrogen-bond acceptors (Lipinski definition) is 2. The summed E-state index contributed by atoms with van der Waals surface area (Å²) in [6.45, 7) is 1.95. The monoisotopic (exact) mass is 239 g/mol. The highest BCUT2D eigenvalue weighted by molar-refractivity contribution is 6.31. The minimum Gasteiger partial charge on any atom is -0.480 e. The number of carbonyl (C=O) groups is 1. The van der Waals surface area contributed by atoms with E-state index in [1.165, 1.54) is 0 Å². The van der Waals surface area contributed by atoms with Crippen molar-refractivity contribution in [2.45, 2.75) is 31.8 Å². The maximum Gasteiger partial charge on any atom is 0.320 e. The van der Waals surface area contributed by atoms with Gasteiger partial charge in [0.1, 0.15) is 6.04 Å². The maximum absolute atomic E-state index is 10.8. The molecule has 86 valence electrons. The number of carboxylic acid groups (broad SMARTS) is 1. The van der Waals surface area contributed by atoms with Gasteiger partial charge >= 0.3 is 5.97 Å². The molecule has 0 aliphatic carbocycles. The minimum absolute atomic E-state index is 0.136. The first kappa shape index (κ1) is 11.4. The van der Waals surface area contributed by atoms with Crippen LogP contribution >= 0.6 is 11.6 Å². The minimum atomic E-state index is -0.770. The Morgan fingerprint density at radius 3 is 2.81 bits per heavy atom. The van der Waals surface area contributed by atoms with Gasteiger partial charge in [-0.05, 0) is 37.0 Å². The Morgan fingerprint density at radius 1 is 1.50 bits per heavy atom. The molecule has 2 rings (SSSR count). The van der Waals surface area contributed by atoms with E-state index in [0.717, 1.165) is 22.6 Å². The second-order valence-corrected chi connectivity index (χ2v) is 4.60. The molecule has 1 aromatic carbocycles. The molecule has 4 heteroatoms. The fourth-order valence-corrected chi connectivity index (χ4v) is 2.20. The molecule has 2 unspecified atom stereocenters. The maximum atomic E-state index is 10.8. The molecule has 1 fully saturated rings. The predicted octanol–water partition coefficient (Wildman–Crippen LogP) is 2.53. The molecule has 0 aromatic heterocycles. The lowest BCUT2D eigenvalue weighted by Crippen LogP contribution is -2.31. The van der Waals surface area contributed by atoms with Gasteiger partial charge in [0.2, 0.25) is 0 Å². The normalized spacial score (nSPS) is 24.6. The van der Waals surface area contributed by atoms with Crippen LogP contribution < -0.4 is 5.32 Å². The molecule has 0 saturated carbocycles. The molecule has 0 bridgehead atoms. The lowest BCUT2D eigenvalue weighted by atomic mass is 10.0. The molecule has 1 aliphatic heterocycles. The highest BCUT2D eigenvalue weighted by Gasteiger charge is 2.29. The molecule has 1 heterocycles. The first-order valence-electron chi connectivity index (χ1n) is 5.33. The highest BCUT2D eigenvalue weighted by Crippen LogP contribution is 2.28. The van der Waals surface area contributed by atoms with Crippen LogP contribution in [0.1, 0.15) is 30.0 Å². The molecule has 16 heavy (non-hydrogen) atoms.